The summed E-state index contributed by atoms with van der Waals surface area (Å²) in [5.74, 6) is 2.64. The van der Waals surface area contributed by atoms with E-state index in [2.05, 4.69) is 15.3 Å². The van der Waals surface area contributed by atoms with Crippen molar-refractivity contribution in [1.29, 1.82) is 0 Å². The summed E-state index contributed by atoms with van der Waals surface area (Å²) in [4.78, 5) is 31.5. The highest BCUT2D eigenvalue weighted by atomic mass is 16.7. The van der Waals surface area contributed by atoms with Gasteiger partial charge in [0.2, 0.25) is 12.7 Å². The van der Waals surface area contributed by atoms with Crippen molar-refractivity contribution in [3.8, 4) is 34.1 Å². The summed E-state index contributed by atoms with van der Waals surface area (Å²) in [6.07, 6.45) is 7.13. The van der Waals surface area contributed by atoms with Gasteiger partial charge < -0.3 is 19.8 Å². The molecule has 4 heterocycles. The van der Waals surface area contributed by atoms with Crippen molar-refractivity contribution < 1.29 is 14.3 Å². The summed E-state index contributed by atoms with van der Waals surface area (Å²) in [5.41, 5.74) is 5.07. The van der Waals surface area contributed by atoms with E-state index in [-0.39, 0.29) is 23.5 Å². The van der Waals surface area contributed by atoms with Crippen LogP contribution in [0.25, 0.3) is 22.6 Å². The lowest BCUT2D eigenvalue weighted by molar-refractivity contribution is -0.138. The van der Waals surface area contributed by atoms with Gasteiger partial charge in [-0.2, -0.15) is 0 Å². The zero-order chi connectivity index (χ0) is 26.5. The second kappa shape index (κ2) is 9.22. The van der Waals surface area contributed by atoms with E-state index >= 15 is 0 Å². The summed E-state index contributed by atoms with van der Waals surface area (Å²) in [6, 6.07) is 17.8. The molecule has 3 aromatic heterocycles. The van der Waals surface area contributed by atoms with Crippen molar-refractivity contribution in [3.05, 3.63) is 78.0 Å². The largest absolute Gasteiger partial charge is 0.454 e. The van der Waals surface area contributed by atoms with Crippen molar-refractivity contribution in [1.82, 2.24) is 25.3 Å². The molecule has 1 amide bonds. The van der Waals surface area contributed by atoms with Gasteiger partial charge in [0.1, 0.15) is 5.82 Å². The lowest BCUT2D eigenvalue weighted by Crippen LogP contribution is -2.51. The predicted molar refractivity (Wildman–Crippen MR) is 146 cm³/mol. The van der Waals surface area contributed by atoms with Crippen LogP contribution in [0.1, 0.15) is 55.7 Å². The Morgan fingerprint density at radius 1 is 0.949 bits per heavy atom. The third-order valence-electron chi connectivity index (χ3n) is 8.88. The van der Waals surface area contributed by atoms with Crippen molar-refractivity contribution in [2.24, 2.45) is 5.41 Å². The van der Waals surface area contributed by atoms with Crippen molar-refractivity contribution in [2.45, 2.75) is 57.4 Å². The number of hydrogen-bond donors (Lipinski definition) is 2. The maximum Gasteiger partial charge on any atom is 0.231 e. The SMILES string of the molecule is Cc1cccc(-c2[nH]c(C34CCC(C(=O)NCc5ccccn5)(CC3)CC4)nc2-c2ccc3c(c2)OCO3)n1. The monoisotopic (exact) mass is 521 g/mol. The number of carbonyl (C=O) groups excluding carboxylic acids is 1. The molecule has 2 N–H and O–H groups in total. The molecule has 4 aliphatic rings. The second-order valence-electron chi connectivity index (χ2n) is 11.1. The first kappa shape index (κ1) is 23.9. The minimum Gasteiger partial charge on any atom is -0.454 e. The molecule has 3 aliphatic carbocycles. The first-order valence-corrected chi connectivity index (χ1v) is 13.7. The topological polar surface area (TPSA) is 102 Å². The Hall–Kier alpha value is -4.20. The quantitative estimate of drug-likeness (QED) is 0.348. The molecule has 1 aromatic carbocycles. The second-order valence-corrected chi connectivity index (χ2v) is 11.1. The van der Waals surface area contributed by atoms with Crippen LogP contribution in [0.2, 0.25) is 0 Å². The van der Waals surface area contributed by atoms with Gasteiger partial charge in [-0.3, -0.25) is 14.8 Å². The summed E-state index contributed by atoms with van der Waals surface area (Å²) in [7, 11) is 0. The maximum absolute atomic E-state index is 13.4. The van der Waals surface area contributed by atoms with Crippen LogP contribution in [-0.4, -0.2) is 32.6 Å². The Labute approximate surface area is 227 Å². The standard InChI is InChI=1S/C31H31N5O3/c1-20-5-4-7-23(34-20)27-26(21-8-9-24-25(17-21)39-19-38-24)35-28(36-27)30-10-13-31(14-11-30,15-12-30)29(37)33-18-22-6-2-3-16-32-22/h2-9,16-17H,10-15,18-19H2,1H3,(H,33,37)(H,35,36). The number of aromatic amines is 1. The first-order valence-electron chi connectivity index (χ1n) is 13.7. The van der Waals surface area contributed by atoms with Gasteiger partial charge in [-0.1, -0.05) is 12.1 Å². The number of amides is 1. The number of imidazole rings is 1. The van der Waals surface area contributed by atoms with Crippen molar-refractivity contribution in [2.75, 3.05) is 6.79 Å². The number of aryl methyl sites for hydroxylation is 1. The van der Waals surface area contributed by atoms with Gasteiger partial charge in [0.05, 0.1) is 29.3 Å². The van der Waals surface area contributed by atoms with E-state index in [1.807, 2.05) is 61.5 Å². The molecule has 0 unspecified atom stereocenters. The molecule has 0 atom stereocenters. The molecular weight excluding hydrogens is 490 g/mol. The van der Waals surface area contributed by atoms with Crippen LogP contribution in [0.15, 0.2) is 60.8 Å². The van der Waals surface area contributed by atoms with Crippen LogP contribution in [0.5, 0.6) is 11.5 Å². The Morgan fingerprint density at radius 2 is 1.77 bits per heavy atom. The molecule has 198 valence electrons. The number of nitrogens with one attached hydrogen (secondary N) is 2. The van der Waals surface area contributed by atoms with E-state index in [9.17, 15) is 4.79 Å². The van der Waals surface area contributed by atoms with Gasteiger partial charge >= 0.3 is 0 Å². The van der Waals surface area contributed by atoms with E-state index in [0.29, 0.717) is 6.54 Å². The van der Waals surface area contributed by atoms with Crippen LogP contribution >= 0.6 is 0 Å². The average Bonchev–Trinajstić information content (AvgIpc) is 3.65. The maximum atomic E-state index is 13.4. The van der Waals surface area contributed by atoms with E-state index in [1.54, 1.807) is 6.20 Å². The predicted octanol–water partition coefficient (Wildman–Crippen LogP) is 5.48. The smallest absolute Gasteiger partial charge is 0.231 e. The van der Waals surface area contributed by atoms with Crippen LogP contribution < -0.4 is 14.8 Å². The normalized spacial score (nSPS) is 23.1. The van der Waals surface area contributed by atoms with Crippen LogP contribution in [0.3, 0.4) is 0 Å². The molecule has 1 aliphatic heterocycles. The van der Waals surface area contributed by atoms with Gasteiger partial charge in [-0.25, -0.2) is 4.98 Å². The van der Waals surface area contributed by atoms with Crippen molar-refractivity contribution in [3.63, 3.8) is 0 Å². The molecule has 8 heteroatoms. The van der Waals surface area contributed by atoms with Gasteiger partial charge in [0.15, 0.2) is 11.5 Å². The summed E-state index contributed by atoms with van der Waals surface area (Å²) in [5, 5.41) is 3.16. The molecule has 2 bridgehead atoms. The molecule has 4 aromatic rings. The zero-order valence-corrected chi connectivity index (χ0v) is 22.0. The summed E-state index contributed by atoms with van der Waals surface area (Å²) in [6.45, 7) is 2.70. The van der Waals surface area contributed by atoms with E-state index in [0.717, 1.165) is 89.9 Å². The third kappa shape index (κ3) is 4.15. The van der Waals surface area contributed by atoms with Crippen LogP contribution in [0.4, 0.5) is 0 Å². The van der Waals surface area contributed by atoms with Crippen LogP contribution in [-0.2, 0) is 16.8 Å². The number of hydrogen-bond acceptors (Lipinski definition) is 6. The summed E-state index contributed by atoms with van der Waals surface area (Å²) < 4.78 is 11.2. The molecular formula is C31H31N5O3. The fourth-order valence-corrected chi connectivity index (χ4v) is 6.49. The number of carbonyl (C=O) groups is 1. The summed E-state index contributed by atoms with van der Waals surface area (Å²) >= 11 is 0. The van der Waals surface area contributed by atoms with E-state index in [1.165, 1.54) is 0 Å². The van der Waals surface area contributed by atoms with E-state index in [4.69, 9.17) is 19.4 Å². The molecule has 0 saturated heterocycles. The fraction of sp³-hybridized carbons (Fsp3) is 0.355. The number of ether oxygens (including phenoxy) is 2. The Bertz CT molecular complexity index is 1520. The highest BCUT2D eigenvalue weighted by Crippen LogP contribution is 2.58. The molecule has 0 radical (unpaired) electrons. The van der Waals surface area contributed by atoms with Gasteiger partial charge in [0.25, 0.3) is 0 Å². The Kier molecular flexibility index (Phi) is 5.65. The number of H-pyrrole nitrogens is 1. The fourth-order valence-electron chi connectivity index (χ4n) is 6.49. The van der Waals surface area contributed by atoms with Crippen molar-refractivity contribution >= 4 is 5.91 Å². The van der Waals surface area contributed by atoms with Gasteiger partial charge in [0, 0.05) is 28.3 Å². The minimum absolute atomic E-state index is 0.0732. The number of rotatable bonds is 6. The lowest BCUT2D eigenvalue weighted by Gasteiger charge is -2.51. The minimum atomic E-state index is -0.301. The third-order valence-corrected chi connectivity index (χ3v) is 8.88. The Balaban J connectivity index is 1.18. The molecule has 8 nitrogen and oxygen atoms in total. The number of aromatic nitrogens is 4. The zero-order valence-electron chi connectivity index (χ0n) is 22.0. The van der Waals surface area contributed by atoms with E-state index < -0.39 is 0 Å². The van der Waals surface area contributed by atoms with Crippen LogP contribution in [0, 0.1) is 12.3 Å². The highest BCUT2D eigenvalue weighted by Gasteiger charge is 2.54. The molecule has 8 rings (SSSR count). The first-order chi connectivity index (χ1) is 19.0. The highest BCUT2D eigenvalue weighted by molar-refractivity contribution is 5.83. The molecule has 0 spiro atoms. The average molecular weight is 522 g/mol. The lowest BCUT2D eigenvalue weighted by atomic mass is 9.53. The number of fused-ring (bicyclic) bond motifs is 4. The molecule has 39 heavy (non-hydrogen) atoms. The molecule has 3 saturated carbocycles. The van der Waals surface area contributed by atoms with Gasteiger partial charge in [-0.05, 0) is 87.9 Å². The number of benzene rings is 1. The number of nitrogens with zero attached hydrogens (tertiary/aromatic N) is 3. The molecule has 3 fully saturated rings. The number of pyridine rings is 2. The van der Waals surface area contributed by atoms with Gasteiger partial charge in [-0.15, -0.1) is 0 Å². The Morgan fingerprint density at radius 3 is 2.54 bits per heavy atom.